The SMILES string of the molecule is N=c1c(N)c(N2CCCC2)c(=O)n(O)n1O. The first-order chi connectivity index (χ1) is 7.54. The largest absolute Gasteiger partial charge is 0.409 e. The zero-order chi connectivity index (χ0) is 11.9. The van der Waals surface area contributed by atoms with Gasteiger partial charge < -0.3 is 21.0 Å². The lowest BCUT2D eigenvalue weighted by Gasteiger charge is -2.19. The fourth-order valence-corrected chi connectivity index (χ4v) is 1.86. The molecular formula is C8H13N5O3. The molecule has 16 heavy (non-hydrogen) atoms. The van der Waals surface area contributed by atoms with E-state index in [1.165, 1.54) is 0 Å². The molecule has 0 radical (unpaired) electrons. The van der Waals surface area contributed by atoms with Gasteiger partial charge in [-0.15, -0.1) is 0 Å². The predicted octanol–water partition coefficient (Wildman–Crippen LogP) is -1.21. The summed E-state index contributed by atoms with van der Waals surface area (Å²) in [5, 5.41) is 25.9. The Morgan fingerprint density at radius 3 is 2.31 bits per heavy atom. The summed E-state index contributed by atoms with van der Waals surface area (Å²) in [6, 6.07) is 0. The summed E-state index contributed by atoms with van der Waals surface area (Å²) in [5.41, 5.74) is 4.22. The van der Waals surface area contributed by atoms with Crippen LogP contribution in [0.4, 0.5) is 11.4 Å². The fraction of sp³-hybridized carbons (Fsp3) is 0.500. The van der Waals surface area contributed by atoms with Crippen molar-refractivity contribution in [3.8, 4) is 0 Å². The van der Waals surface area contributed by atoms with E-state index in [2.05, 4.69) is 0 Å². The van der Waals surface area contributed by atoms with Crippen molar-refractivity contribution in [1.29, 1.82) is 5.41 Å². The van der Waals surface area contributed by atoms with Gasteiger partial charge >= 0.3 is 5.56 Å². The van der Waals surface area contributed by atoms with Crippen LogP contribution in [-0.4, -0.2) is 33.2 Å². The highest BCUT2D eigenvalue weighted by Crippen LogP contribution is 2.19. The third-order valence-electron chi connectivity index (χ3n) is 2.70. The van der Waals surface area contributed by atoms with E-state index in [0.29, 0.717) is 13.1 Å². The second-order valence-electron chi connectivity index (χ2n) is 3.69. The van der Waals surface area contributed by atoms with Gasteiger partial charge in [0.2, 0.25) is 5.49 Å². The quantitative estimate of drug-likeness (QED) is 0.448. The van der Waals surface area contributed by atoms with Crippen LogP contribution in [0.1, 0.15) is 12.8 Å². The van der Waals surface area contributed by atoms with Gasteiger partial charge in [0.05, 0.1) is 0 Å². The normalized spacial score (nSPS) is 15.6. The lowest BCUT2D eigenvalue weighted by molar-refractivity contribution is -0.0300. The number of nitrogens with two attached hydrogens (primary N) is 1. The second-order valence-corrected chi connectivity index (χ2v) is 3.69. The molecule has 1 aromatic heterocycles. The van der Waals surface area contributed by atoms with Crippen molar-refractivity contribution in [3.05, 3.63) is 15.8 Å². The minimum absolute atomic E-state index is 0.0111. The smallest absolute Gasteiger partial charge is 0.329 e. The first-order valence-corrected chi connectivity index (χ1v) is 4.90. The number of aromatic nitrogens is 2. The Kier molecular flexibility index (Phi) is 2.26. The number of rotatable bonds is 1. The van der Waals surface area contributed by atoms with Crippen LogP contribution in [0, 0.1) is 5.41 Å². The van der Waals surface area contributed by atoms with Gasteiger partial charge in [0.1, 0.15) is 11.4 Å². The maximum Gasteiger partial charge on any atom is 0.329 e. The molecule has 0 aliphatic carbocycles. The van der Waals surface area contributed by atoms with Crippen LogP contribution in [0.5, 0.6) is 0 Å². The summed E-state index contributed by atoms with van der Waals surface area (Å²) in [6.07, 6.45) is 1.87. The van der Waals surface area contributed by atoms with Gasteiger partial charge in [0.15, 0.2) is 0 Å². The molecule has 2 heterocycles. The topological polar surface area (TPSA) is 121 Å². The molecule has 0 spiro atoms. The maximum atomic E-state index is 11.7. The molecule has 0 unspecified atom stereocenters. The van der Waals surface area contributed by atoms with Crippen LogP contribution < -0.4 is 21.7 Å². The highest BCUT2D eigenvalue weighted by Gasteiger charge is 2.22. The summed E-state index contributed by atoms with van der Waals surface area (Å²) in [4.78, 5) is 13.4. The summed E-state index contributed by atoms with van der Waals surface area (Å²) in [7, 11) is 0. The van der Waals surface area contributed by atoms with Crippen LogP contribution in [-0.2, 0) is 0 Å². The van der Waals surface area contributed by atoms with Crippen molar-refractivity contribution in [3.63, 3.8) is 0 Å². The van der Waals surface area contributed by atoms with Crippen LogP contribution in [0.25, 0.3) is 0 Å². The Morgan fingerprint density at radius 1 is 1.19 bits per heavy atom. The van der Waals surface area contributed by atoms with E-state index >= 15 is 0 Å². The lowest BCUT2D eigenvalue weighted by atomic mass is 10.3. The third kappa shape index (κ3) is 1.30. The highest BCUT2D eigenvalue weighted by atomic mass is 16.6. The summed E-state index contributed by atoms with van der Waals surface area (Å²) >= 11 is 0. The van der Waals surface area contributed by atoms with Gasteiger partial charge in [-0.25, -0.2) is 0 Å². The van der Waals surface area contributed by atoms with Crippen molar-refractivity contribution in [2.24, 2.45) is 0 Å². The Morgan fingerprint density at radius 2 is 1.75 bits per heavy atom. The number of nitrogen functional groups attached to an aromatic ring is 1. The van der Waals surface area contributed by atoms with E-state index in [9.17, 15) is 15.2 Å². The molecule has 0 atom stereocenters. The van der Waals surface area contributed by atoms with Crippen molar-refractivity contribution in [2.75, 3.05) is 23.7 Å². The van der Waals surface area contributed by atoms with Crippen LogP contribution in [0.15, 0.2) is 4.79 Å². The Balaban J connectivity index is 2.70. The lowest BCUT2D eigenvalue weighted by Crippen LogP contribution is -2.42. The van der Waals surface area contributed by atoms with E-state index < -0.39 is 11.0 Å². The zero-order valence-corrected chi connectivity index (χ0v) is 8.55. The molecule has 8 nitrogen and oxygen atoms in total. The first kappa shape index (κ1) is 10.4. The Bertz CT molecular complexity index is 526. The monoisotopic (exact) mass is 227 g/mol. The molecule has 2 rings (SSSR count). The third-order valence-corrected chi connectivity index (χ3v) is 2.70. The van der Waals surface area contributed by atoms with E-state index in [1.807, 2.05) is 0 Å². The molecule has 0 bridgehead atoms. The van der Waals surface area contributed by atoms with Crippen molar-refractivity contribution >= 4 is 11.4 Å². The minimum atomic E-state index is -0.821. The number of hydrogen-bond donors (Lipinski definition) is 4. The average Bonchev–Trinajstić information content (AvgIpc) is 2.77. The van der Waals surface area contributed by atoms with Crippen molar-refractivity contribution in [2.45, 2.75) is 12.8 Å². The van der Waals surface area contributed by atoms with E-state index in [4.69, 9.17) is 11.1 Å². The predicted molar refractivity (Wildman–Crippen MR) is 54.8 cm³/mol. The van der Waals surface area contributed by atoms with E-state index in [-0.39, 0.29) is 21.1 Å². The van der Waals surface area contributed by atoms with E-state index in [1.54, 1.807) is 4.90 Å². The second kappa shape index (κ2) is 3.47. The molecule has 0 amide bonds. The molecule has 0 saturated carbocycles. The number of nitrogens with zero attached hydrogens (tertiary/aromatic N) is 3. The molecule has 1 aliphatic heterocycles. The summed E-state index contributed by atoms with van der Waals surface area (Å²) < 4.78 is 0. The van der Waals surface area contributed by atoms with Crippen molar-refractivity contribution in [1.82, 2.24) is 9.69 Å². The standard InChI is InChI=1S/C8H13N5O3/c9-5-6(11-3-1-2-4-11)8(14)13(16)12(15)7(5)10/h10,15-16H,1-4,9H2. The van der Waals surface area contributed by atoms with Gasteiger partial charge in [-0.2, -0.15) is 0 Å². The van der Waals surface area contributed by atoms with Crippen molar-refractivity contribution < 1.29 is 10.4 Å². The fourth-order valence-electron chi connectivity index (χ4n) is 1.86. The molecule has 8 heteroatoms. The molecule has 1 aliphatic rings. The number of hydrogen-bond acceptors (Lipinski definition) is 6. The first-order valence-electron chi connectivity index (χ1n) is 4.90. The summed E-state index contributed by atoms with van der Waals surface area (Å²) in [6.45, 7) is 1.32. The van der Waals surface area contributed by atoms with Crippen LogP contribution in [0.2, 0.25) is 0 Å². The van der Waals surface area contributed by atoms with E-state index in [0.717, 1.165) is 12.8 Å². The molecule has 1 fully saturated rings. The zero-order valence-electron chi connectivity index (χ0n) is 8.55. The highest BCUT2D eigenvalue weighted by molar-refractivity contribution is 5.64. The van der Waals surface area contributed by atoms with Crippen LogP contribution in [0.3, 0.4) is 0 Å². The molecule has 1 saturated heterocycles. The molecule has 5 N–H and O–H groups in total. The van der Waals surface area contributed by atoms with Gasteiger partial charge in [-0.05, 0) is 17.7 Å². The van der Waals surface area contributed by atoms with Gasteiger partial charge in [-0.3, -0.25) is 10.2 Å². The maximum absolute atomic E-state index is 11.7. The average molecular weight is 227 g/mol. The molecule has 0 aromatic carbocycles. The van der Waals surface area contributed by atoms with Gasteiger partial charge in [0, 0.05) is 13.1 Å². The van der Waals surface area contributed by atoms with Gasteiger partial charge in [0.25, 0.3) is 0 Å². The molecular weight excluding hydrogens is 214 g/mol. The summed E-state index contributed by atoms with van der Waals surface area (Å²) in [5.74, 6) is 0. The Hall–Kier alpha value is -2.12. The number of nitrogens with one attached hydrogen (secondary N) is 1. The number of anilines is 2. The van der Waals surface area contributed by atoms with Crippen LogP contribution >= 0.6 is 0 Å². The Labute approximate surface area is 90.2 Å². The minimum Gasteiger partial charge on any atom is -0.409 e. The van der Waals surface area contributed by atoms with Gasteiger partial charge in [-0.1, -0.05) is 4.85 Å². The molecule has 88 valence electrons. The molecule has 1 aromatic rings.